The zero-order valence-electron chi connectivity index (χ0n) is 9.22. The Morgan fingerprint density at radius 3 is 2.74 bits per heavy atom. The summed E-state index contributed by atoms with van der Waals surface area (Å²) in [5.41, 5.74) is -0.0997. The maximum Gasteiger partial charge on any atom is 0.271 e. The number of non-ortho nitro benzene ring substituents is 1. The number of anilines is 1. The minimum Gasteiger partial charge on any atom is -0.319 e. The summed E-state index contributed by atoms with van der Waals surface area (Å²) in [5, 5.41) is 14.5. The molecular weight excluding hydrogens is 386 g/mol. The number of amides is 1. The molecule has 5 nitrogen and oxygen atoms in total. The van der Waals surface area contributed by atoms with Gasteiger partial charge in [0.05, 0.1) is 19.1 Å². The maximum absolute atomic E-state index is 13.5. The molecule has 2 rings (SSSR count). The van der Waals surface area contributed by atoms with Crippen LogP contribution in [0.25, 0.3) is 0 Å². The molecule has 8 heteroatoms. The van der Waals surface area contributed by atoms with Crippen LogP contribution in [0.3, 0.4) is 0 Å². The molecule has 0 radical (unpaired) electrons. The van der Waals surface area contributed by atoms with Crippen molar-refractivity contribution in [2.24, 2.45) is 0 Å². The molecule has 1 N–H and O–H groups in total. The number of rotatable bonds is 3. The summed E-state index contributed by atoms with van der Waals surface area (Å²) in [6, 6.07) is 4.63. The molecule has 1 amide bonds. The Hall–Kier alpha value is -1.55. The zero-order chi connectivity index (χ0) is 14.0. The smallest absolute Gasteiger partial charge is 0.271 e. The standard InChI is InChI=1S/C11H6FIN2O3S/c12-8-2-1-7(15(17)18)4-9(8)14-11(16)6-3-10(13)19-5-6/h1-5H,(H,14,16). The Kier molecular flexibility index (Phi) is 4.10. The fourth-order valence-corrected chi connectivity index (χ4v) is 2.67. The van der Waals surface area contributed by atoms with Gasteiger partial charge in [-0.1, -0.05) is 0 Å². The topological polar surface area (TPSA) is 72.2 Å². The van der Waals surface area contributed by atoms with Crippen molar-refractivity contribution in [2.45, 2.75) is 0 Å². The van der Waals surface area contributed by atoms with Gasteiger partial charge in [0.2, 0.25) is 0 Å². The summed E-state index contributed by atoms with van der Waals surface area (Å²) in [6.07, 6.45) is 0. The molecule has 0 saturated carbocycles. The Labute approximate surface area is 124 Å². The van der Waals surface area contributed by atoms with Crippen LogP contribution < -0.4 is 5.32 Å². The van der Waals surface area contributed by atoms with Crippen molar-refractivity contribution in [1.29, 1.82) is 0 Å². The first-order chi connectivity index (χ1) is 8.97. The van der Waals surface area contributed by atoms with Crippen molar-refractivity contribution in [1.82, 2.24) is 0 Å². The van der Waals surface area contributed by atoms with Gasteiger partial charge in [0.15, 0.2) is 0 Å². The van der Waals surface area contributed by atoms with E-state index in [2.05, 4.69) is 27.9 Å². The van der Waals surface area contributed by atoms with Gasteiger partial charge < -0.3 is 5.32 Å². The van der Waals surface area contributed by atoms with Crippen molar-refractivity contribution in [3.8, 4) is 0 Å². The van der Waals surface area contributed by atoms with Crippen molar-refractivity contribution in [2.75, 3.05) is 5.32 Å². The SMILES string of the molecule is O=C(Nc1cc([N+](=O)[O-])ccc1F)c1csc(I)c1. The third kappa shape index (κ3) is 3.26. The van der Waals surface area contributed by atoms with Gasteiger partial charge >= 0.3 is 0 Å². The van der Waals surface area contributed by atoms with Crippen LogP contribution in [0.2, 0.25) is 0 Å². The number of hydrogen-bond donors (Lipinski definition) is 1. The van der Waals surface area contributed by atoms with E-state index in [0.717, 1.165) is 21.1 Å². The number of nitro groups is 1. The van der Waals surface area contributed by atoms with Crippen LogP contribution in [0.15, 0.2) is 29.6 Å². The van der Waals surface area contributed by atoms with Gasteiger partial charge in [-0.25, -0.2) is 4.39 Å². The average Bonchev–Trinajstić information content (AvgIpc) is 2.78. The molecule has 98 valence electrons. The highest BCUT2D eigenvalue weighted by molar-refractivity contribution is 14.1. The zero-order valence-corrected chi connectivity index (χ0v) is 12.2. The second-order valence-electron chi connectivity index (χ2n) is 3.51. The molecule has 0 aliphatic rings. The van der Waals surface area contributed by atoms with Gasteiger partial charge in [0.1, 0.15) is 5.82 Å². The van der Waals surface area contributed by atoms with E-state index in [9.17, 15) is 19.3 Å². The lowest BCUT2D eigenvalue weighted by Crippen LogP contribution is -2.12. The molecule has 0 aliphatic carbocycles. The molecule has 0 unspecified atom stereocenters. The van der Waals surface area contributed by atoms with Crippen LogP contribution >= 0.6 is 33.9 Å². The maximum atomic E-state index is 13.5. The van der Waals surface area contributed by atoms with E-state index in [1.807, 2.05) is 0 Å². The van der Waals surface area contributed by atoms with Gasteiger partial charge in [-0.3, -0.25) is 14.9 Å². The molecule has 2 aromatic rings. The third-order valence-electron chi connectivity index (χ3n) is 2.24. The van der Waals surface area contributed by atoms with Gasteiger partial charge in [-0.05, 0) is 34.7 Å². The van der Waals surface area contributed by atoms with E-state index >= 15 is 0 Å². The summed E-state index contributed by atoms with van der Waals surface area (Å²) < 4.78 is 14.4. The number of nitrogens with zero attached hydrogens (tertiary/aromatic N) is 1. The highest BCUT2D eigenvalue weighted by Gasteiger charge is 2.14. The molecular formula is C11H6FIN2O3S. The molecule has 1 aromatic carbocycles. The molecule has 1 aromatic heterocycles. The number of hydrogen-bond acceptors (Lipinski definition) is 4. The first kappa shape index (κ1) is 13.9. The van der Waals surface area contributed by atoms with E-state index in [0.29, 0.717) is 5.56 Å². The van der Waals surface area contributed by atoms with Gasteiger partial charge in [-0.2, -0.15) is 0 Å². The molecule has 0 saturated heterocycles. The molecule has 19 heavy (non-hydrogen) atoms. The second kappa shape index (κ2) is 5.61. The minimum absolute atomic E-state index is 0.208. The van der Waals surface area contributed by atoms with Crippen LogP contribution in [0.5, 0.6) is 0 Å². The van der Waals surface area contributed by atoms with Crippen LogP contribution in [0.4, 0.5) is 15.8 Å². The Bertz CT molecular complexity index is 659. The number of benzene rings is 1. The monoisotopic (exact) mass is 392 g/mol. The molecule has 0 bridgehead atoms. The molecule has 0 spiro atoms. The first-order valence-corrected chi connectivity index (χ1v) is 6.92. The van der Waals surface area contributed by atoms with Crippen molar-refractivity contribution >= 4 is 51.2 Å². The quantitative estimate of drug-likeness (QED) is 0.493. The second-order valence-corrected chi connectivity index (χ2v) is 6.32. The van der Waals surface area contributed by atoms with Crippen molar-refractivity contribution < 1.29 is 14.1 Å². The fraction of sp³-hybridized carbons (Fsp3) is 0. The van der Waals surface area contributed by atoms with Gasteiger partial charge in [-0.15, -0.1) is 11.3 Å². The van der Waals surface area contributed by atoms with Crippen LogP contribution in [-0.4, -0.2) is 10.8 Å². The van der Waals surface area contributed by atoms with Crippen LogP contribution in [-0.2, 0) is 0 Å². The fourth-order valence-electron chi connectivity index (χ4n) is 1.35. The summed E-state index contributed by atoms with van der Waals surface area (Å²) >= 11 is 3.44. The summed E-state index contributed by atoms with van der Waals surface area (Å²) in [4.78, 5) is 21.8. The highest BCUT2D eigenvalue weighted by atomic mass is 127. The molecule has 0 atom stereocenters. The number of nitrogens with one attached hydrogen (secondary N) is 1. The summed E-state index contributed by atoms with van der Waals surface area (Å²) in [5.74, 6) is -1.22. The number of thiophene rings is 1. The minimum atomic E-state index is -0.719. The number of halogens is 2. The van der Waals surface area contributed by atoms with Gasteiger partial charge in [0.25, 0.3) is 11.6 Å². The predicted molar refractivity (Wildman–Crippen MR) is 78.0 cm³/mol. The Balaban J connectivity index is 2.25. The van der Waals surface area contributed by atoms with Crippen LogP contribution in [0, 0.1) is 18.8 Å². The number of nitro benzene ring substituents is 1. The Morgan fingerprint density at radius 2 is 2.16 bits per heavy atom. The lowest BCUT2D eigenvalue weighted by atomic mass is 10.2. The van der Waals surface area contributed by atoms with Gasteiger partial charge in [0, 0.05) is 17.5 Å². The average molecular weight is 392 g/mol. The summed E-state index contributed by atoms with van der Waals surface area (Å²) in [7, 11) is 0. The van der Waals surface area contributed by atoms with Crippen molar-refractivity contribution in [3.63, 3.8) is 0 Å². The lowest BCUT2D eigenvalue weighted by Gasteiger charge is -2.04. The van der Waals surface area contributed by atoms with E-state index in [4.69, 9.17) is 0 Å². The third-order valence-corrected chi connectivity index (χ3v) is 4.03. The molecule has 0 fully saturated rings. The van der Waals surface area contributed by atoms with E-state index in [-0.39, 0.29) is 11.4 Å². The van der Waals surface area contributed by atoms with E-state index in [1.165, 1.54) is 11.3 Å². The number of carbonyl (C=O) groups excluding carboxylic acids is 1. The number of carbonyl (C=O) groups is 1. The lowest BCUT2D eigenvalue weighted by molar-refractivity contribution is -0.384. The molecule has 0 aliphatic heterocycles. The predicted octanol–water partition coefficient (Wildman–Crippen LogP) is 3.65. The molecule has 1 heterocycles. The highest BCUT2D eigenvalue weighted by Crippen LogP contribution is 2.23. The van der Waals surface area contributed by atoms with E-state index in [1.54, 1.807) is 11.4 Å². The largest absolute Gasteiger partial charge is 0.319 e. The Morgan fingerprint density at radius 1 is 1.42 bits per heavy atom. The first-order valence-electron chi connectivity index (χ1n) is 4.96. The summed E-state index contributed by atoms with van der Waals surface area (Å²) in [6.45, 7) is 0. The van der Waals surface area contributed by atoms with E-state index < -0.39 is 16.6 Å². The normalized spacial score (nSPS) is 10.2. The van der Waals surface area contributed by atoms with Crippen LogP contribution in [0.1, 0.15) is 10.4 Å². The van der Waals surface area contributed by atoms with Crippen molar-refractivity contribution in [3.05, 3.63) is 54.0 Å².